The van der Waals surface area contributed by atoms with Crippen molar-refractivity contribution in [1.82, 2.24) is 14.9 Å². The fourth-order valence-corrected chi connectivity index (χ4v) is 4.85. The van der Waals surface area contributed by atoms with Crippen molar-refractivity contribution in [2.45, 2.75) is 30.8 Å². The van der Waals surface area contributed by atoms with E-state index in [-0.39, 0.29) is 0 Å². The van der Waals surface area contributed by atoms with Crippen LogP contribution in [0.3, 0.4) is 0 Å². The summed E-state index contributed by atoms with van der Waals surface area (Å²) in [6.45, 7) is 5.92. The van der Waals surface area contributed by atoms with Crippen molar-refractivity contribution in [3.8, 4) is 0 Å². The van der Waals surface area contributed by atoms with Crippen LogP contribution in [0.4, 0.5) is 5.82 Å². The fourth-order valence-electron chi connectivity index (χ4n) is 4.50. The monoisotopic (exact) mass is 368 g/mol. The van der Waals surface area contributed by atoms with Crippen LogP contribution in [0, 0.1) is 5.41 Å². The first-order valence-corrected chi connectivity index (χ1v) is 10.9. The van der Waals surface area contributed by atoms with Crippen molar-refractivity contribution in [3.05, 3.63) is 48.2 Å². The van der Waals surface area contributed by atoms with Crippen LogP contribution in [0.15, 0.2) is 47.8 Å². The molecule has 0 unspecified atom stereocenters. The second-order valence-corrected chi connectivity index (χ2v) is 8.46. The number of hydrogen-bond acceptors (Lipinski definition) is 5. The van der Waals surface area contributed by atoms with Gasteiger partial charge in [-0.1, -0.05) is 42.1 Å². The lowest BCUT2D eigenvalue weighted by Gasteiger charge is -2.40. The third-order valence-corrected chi connectivity index (χ3v) is 6.43. The smallest absolute Gasteiger partial charge is 0.189 e. The molecule has 26 heavy (non-hydrogen) atoms. The quantitative estimate of drug-likeness (QED) is 0.593. The molecule has 2 aromatic rings. The molecule has 4 nitrogen and oxygen atoms in total. The van der Waals surface area contributed by atoms with Gasteiger partial charge in [0.15, 0.2) is 5.16 Å². The molecule has 0 saturated carbocycles. The van der Waals surface area contributed by atoms with E-state index < -0.39 is 0 Å². The van der Waals surface area contributed by atoms with Crippen molar-refractivity contribution >= 4 is 17.6 Å². The number of aromatic nitrogens is 2. The maximum Gasteiger partial charge on any atom is 0.189 e. The standard InChI is InChI=1S/C21H28N4S/c1-26-20-22-12-8-19(23-20)25-15-11-21(17-25)10-5-13-24(16-21)14-9-18-6-3-2-4-7-18/h2-4,6-8,12H,5,9-11,13-17H2,1H3/t21-/m0/s1. The van der Waals surface area contributed by atoms with Gasteiger partial charge in [0.05, 0.1) is 0 Å². The molecule has 1 aromatic heterocycles. The summed E-state index contributed by atoms with van der Waals surface area (Å²) in [6.07, 6.45) is 9.05. The normalized spacial score (nSPS) is 23.7. The van der Waals surface area contributed by atoms with Crippen LogP contribution in [-0.2, 0) is 6.42 Å². The van der Waals surface area contributed by atoms with E-state index in [9.17, 15) is 0 Å². The van der Waals surface area contributed by atoms with E-state index >= 15 is 0 Å². The molecule has 1 aromatic carbocycles. The van der Waals surface area contributed by atoms with Gasteiger partial charge in [0.25, 0.3) is 0 Å². The Kier molecular flexibility index (Phi) is 5.46. The molecule has 4 rings (SSSR count). The van der Waals surface area contributed by atoms with E-state index in [0.29, 0.717) is 5.41 Å². The Labute approximate surface area is 161 Å². The third-order valence-electron chi connectivity index (χ3n) is 5.86. The van der Waals surface area contributed by atoms with Crippen molar-refractivity contribution in [3.63, 3.8) is 0 Å². The van der Waals surface area contributed by atoms with E-state index in [1.165, 1.54) is 44.5 Å². The highest BCUT2D eigenvalue weighted by Crippen LogP contribution is 2.40. The molecule has 0 aliphatic carbocycles. The van der Waals surface area contributed by atoms with E-state index in [4.69, 9.17) is 4.98 Å². The van der Waals surface area contributed by atoms with E-state index in [1.54, 1.807) is 11.8 Å². The first-order chi connectivity index (χ1) is 12.8. The zero-order valence-corrected chi connectivity index (χ0v) is 16.4. The lowest BCUT2D eigenvalue weighted by Crippen LogP contribution is -2.45. The largest absolute Gasteiger partial charge is 0.356 e. The van der Waals surface area contributed by atoms with Gasteiger partial charge in [0.1, 0.15) is 5.82 Å². The zero-order valence-electron chi connectivity index (χ0n) is 15.6. The third kappa shape index (κ3) is 4.04. The summed E-state index contributed by atoms with van der Waals surface area (Å²) in [6, 6.07) is 12.9. The second kappa shape index (κ2) is 7.97. The van der Waals surface area contributed by atoms with Crippen LogP contribution < -0.4 is 4.90 Å². The molecule has 0 amide bonds. The molecule has 0 N–H and O–H groups in total. The number of hydrogen-bond donors (Lipinski definition) is 0. The summed E-state index contributed by atoms with van der Waals surface area (Å²) in [5.41, 5.74) is 1.89. The van der Waals surface area contributed by atoms with Gasteiger partial charge < -0.3 is 9.80 Å². The molecular formula is C21H28N4S. The topological polar surface area (TPSA) is 32.3 Å². The highest BCUT2D eigenvalue weighted by Gasteiger charge is 2.41. The first-order valence-electron chi connectivity index (χ1n) is 9.65. The van der Waals surface area contributed by atoms with Gasteiger partial charge in [-0.3, -0.25) is 0 Å². The number of rotatable bonds is 5. The number of benzene rings is 1. The van der Waals surface area contributed by atoms with Gasteiger partial charge in [0.2, 0.25) is 0 Å². The van der Waals surface area contributed by atoms with E-state index in [1.807, 2.05) is 12.5 Å². The molecule has 2 saturated heterocycles. The summed E-state index contributed by atoms with van der Waals surface area (Å²) < 4.78 is 0. The molecule has 3 heterocycles. The minimum absolute atomic E-state index is 0.444. The van der Waals surface area contributed by atoms with Crippen molar-refractivity contribution < 1.29 is 0 Å². The summed E-state index contributed by atoms with van der Waals surface area (Å²) >= 11 is 1.62. The van der Waals surface area contributed by atoms with Crippen LogP contribution in [-0.4, -0.2) is 53.8 Å². The summed E-state index contributed by atoms with van der Waals surface area (Å²) in [4.78, 5) is 14.2. The number of anilines is 1. The molecule has 1 atom stereocenters. The number of piperidine rings is 1. The van der Waals surface area contributed by atoms with E-state index in [2.05, 4.69) is 51.2 Å². The predicted octanol–water partition coefficient (Wildman–Crippen LogP) is 3.73. The minimum Gasteiger partial charge on any atom is -0.356 e. The molecule has 138 valence electrons. The summed E-state index contributed by atoms with van der Waals surface area (Å²) in [5, 5.41) is 0.872. The SMILES string of the molecule is CSc1nccc(N2CC[C@]3(CCCN(CCc4ccccc4)C3)C2)n1. The molecule has 2 aliphatic rings. The highest BCUT2D eigenvalue weighted by atomic mass is 32.2. The van der Waals surface area contributed by atoms with Crippen molar-refractivity contribution in [2.75, 3.05) is 43.9 Å². The van der Waals surface area contributed by atoms with Gasteiger partial charge in [-0.15, -0.1) is 0 Å². The average Bonchev–Trinajstić information content (AvgIpc) is 3.10. The van der Waals surface area contributed by atoms with Gasteiger partial charge in [-0.25, -0.2) is 9.97 Å². The lowest BCUT2D eigenvalue weighted by atomic mass is 9.79. The maximum absolute atomic E-state index is 4.71. The Hall–Kier alpha value is -1.59. The molecule has 5 heteroatoms. The second-order valence-electron chi connectivity index (χ2n) is 7.69. The maximum atomic E-state index is 4.71. The van der Waals surface area contributed by atoms with Crippen molar-refractivity contribution in [1.29, 1.82) is 0 Å². The number of nitrogens with zero attached hydrogens (tertiary/aromatic N) is 4. The number of likely N-dealkylation sites (tertiary alicyclic amines) is 1. The highest BCUT2D eigenvalue weighted by molar-refractivity contribution is 7.98. The van der Waals surface area contributed by atoms with Crippen molar-refractivity contribution in [2.24, 2.45) is 5.41 Å². The Morgan fingerprint density at radius 2 is 1.96 bits per heavy atom. The fraction of sp³-hybridized carbons (Fsp3) is 0.524. The zero-order chi connectivity index (χ0) is 17.8. The van der Waals surface area contributed by atoms with Crippen LogP contribution in [0.5, 0.6) is 0 Å². The van der Waals surface area contributed by atoms with Crippen LogP contribution in [0.25, 0.3) is 0 Å². The van der Waals surface area contributed by atoms with Gasteiger partial charge in [0, 0.05) is 37.8 Å². The van der Waals surface area contributed by atoms with Crippen LogP contribution in [0.2, 0.25) is 0 Å². The summed E-state index contributed by atoms with van der Waals surface area (Å²) in [7, 11) is 0. The Morgan fingerprint density at radius 1 is 1.08 bits per heavy atom. The molecular weight excluding hydrogens is 340 g/mol. The van der Waals surface area contributed by atoms with Gasteiger partial charge >= 0.3 is 0 Å². The number of thioether (sulfide) groups is 1. The Balaban J connectivity index is 1.37. The molecule has 0 radical (unpaired) electrons. The summed E-state index contributed by atoms with van der Waals surface area (Å²) in [5.74, 6) is 1.10. The Morgan fingerprint density at radius 3 is 2.81 bits per heavy atom. The van der Waals surface area contributed by atoms with Gasteiger partial charge in [-0.05, 0) is 50.1 Å². The van der Waals surface area contributed by atoms with Gasteiger partial charge in [-0.2, -0.15) is 0 Å². The lowest BCUT2D eigenvalue weighted by molar-refractivity contribution is 0.106. The Bertz CT molecular complexity index is 723. The average molecular weight is 369 g/mol. The van der Waals surface area contributed by atoms with E-state index in [0.717, 1.165) is 30.5 Å². The first kappa shape index (κ1) is 17.8. The molecule has 1 spiro atoms. The van der Waals surface area contributed by atoms with Crippen LogP contribution >= 0.6 is 11.8 Å². The molecule has 2 fully saturated rings. The molecule has 0 bridgehead atoms. The molecule has 2 aliphatic heterocycles. The predicted molar refractivity (Wildman–Crippen MR) is 109 cm³/mol. The van der Waals surface area contributed by atoms with Crippen LogP contribution in [0.1, 0.15) is 24.8 Å². The minimum atomic E-state index is 0.444.